The Labute approximate surface area is 121 Å². The highest BCUT2D eigenvalue weighted by atomic mass is 16.5. The van der Waals surface area contributed by atoms with E-state index in [4.69, 9.17) is 10.5 Å². The molecular formula is C16H26N2O2. The molecule has 0 spiro atoms. The molecule has 1 rings (SSSR count). The fourth-order valence-corrected chi connectivity index (χ4v) is 1.74. The zero-order valence-corrected chi connectivity index (χ0v) is 12.8. The van der Waals surface area contributed by atoms with E-state index >= 15 is 0 Å². The van der Waals surface area contributed by atoms with Crippen LogP contribution in [0.3, 0.4) is 0 Å². The molecule has 4 nitrogen and oxygen atoms in total. The number of rotatable bonds is 7. The van der Waals surface area contributed by atoms with E-state index in [1.54, 1.807) is 0 Å². The molecule has 2 atom stereocenters. The van der Waals surface area contributed by atoms with Crippen LogP contribution in [0.4, 0.5) is 0 Å². The van der Waals surface area contributed by atoms with Crippen molar-refractivity contribution in [1.29, 1.82) is 0 Å². The van der Waals surface area contributed by atoms with Crippen LogP contribution in [0.15, 0.2) is 24.3 Å². The van der Waals surface area contributed by atoms with Crippen molar-refractivity contribution in [2.75, 3.05) is 6.61 Å². The molecule has 20 heavy (non-hydrogen) atoms. The standard InChI is InChI=1S/C16H26N2O2/c1-5-14(17)13-8-6-7-9-15(13)20-10-16(19)18-12(4)11(2)3/h6-9,11-12,14H,5,10,17H2,1-4H3,(H,18,19)/t12?,14-/m1/s1. The molecule has 4 heteroatoms. The van der Waals surface area contributed by atoms with E-state index in [0.29, 0.717) is 11.7 Å². The zero-order chi connectivity index (χ0) is 15.1. The van der Waals surface area contributed by atoms with Gasteiger partial charge in [-0.2, -0.15) is 0 Å². The lowest BCUT2D eigenvalue weighted by atomic mass is 10.0. The molecule has 0 radical (unpaired) electrons. The van der Waals surface area contributed by atoms with Gasteiger partial charge < -0.3 is 15.8 Å². The van der Waals surface area contributed by atoms with Crippen LogP contribution in [0.2, 0.25) is 0 Å². The lowest BCUT2D eigenvalue weighted by Gasteiger charge is -2.19. The predicted molar refractivity (Wildman–Crippen MR) is 81.6 cm³/mol. The van der Waals surface area contributed by atoms with Crippen LogP contribution in [0.25, 0.3) is 0 Å². The van der Waals surface area contributed by atoms with Gasteiger partial charge >= 0.3 is 0 Å². The summed E-state index contributed by atoms with van der Waals surface area (Å²) >= 11 is 0. The number of nitrogens with two attached hydrogens (primary N) is 1. The fourth-order valence-electron chi connectivity index (χ4n) is 1.74. The predicted octanol–water partition coefficient (Wildman–Crippen LogP) is 2.64. The average Bonchev–Trinajstić information content (AvgIpc) is 2.44. The largest absolute Gasteiger partial charge is 0.483 e. The van der Waals surface area contributed by atoms with Crippen LogP contribution in [-0.4, -0.2) is 18.6 Å². The van der Waals surface area contributed by atoms with Gasteiger partial charge in [0, 0.05) is 17.6 Å². The maximum atomic E-state index is 11.8. The number of hydrogen-bond acceptors (Lipinski definition) is 3. The minimum Gasteiger partial charge on any atom is -0.483 e. The molecule has 0 saturated heterocycles. The normalized spacial score (nSPS) is 13.9. The van der Waals surface area contributed by atoms with E-state index in [1.807, 2.05) is 38.1 Å². The van der Waals surface area contributed by atoms with E-state index in [9.17, 15) is 4.79 Å². The third kappa shape index (κ3) is 4.85. The Bertz CT molecular complexity index is 432. The summed E-state index contributed by atoms with van der Waals surface area (Å²) in [4.78, 5) is 11.8. The molecule has 0 aliphatic heterocycles. The smallest absolute Gasteiger partial charge is 0.258 e. The van der Waals surface area contributed by atoms with E-state index in [0.717, 1.165) is 12.0 Å². The number of ether oxygens (including phenoxy) is 1. The molecule has 0 fully saturated rings. The second-order valence-electron chi connectivity index (χ2n) is 5.44. The van der Waals surface area contributed by atoms with Gasteiger partial charge in [-0.05, 0) is 25.3 Å². The molecule has 1 unspecified atom stereocenters. The van der Waals surface area contributed by atoms with Crippen molar-refractivity contribution in [3.8, 4) is 5.75 Å². The fraction of sp³-hybridized carbons (Fsp3) is 0.562. The third-order valence-electron chi connectivity index (χ3n) is 3.51. The first-order chi connectivity index (χ1) is 9.45. The molecule has 0 aromatic heterocycles. The maximum Gasteiger partial charge on any atom is 0.258 e. The molecule has 0 heterocycles. The van der Waals surface area contributed by atoms with E-state index < -0.39 is 0 Å². The van der Waals surface area contributed by atoms with Gasteiger partial charge in [-0.15, -0.1) is 0 Å². The van der Waals surface area contributed by atoms with Crippen LogP contribution >= 0.6 is 0 Å². The third-order valence-corrected chi connectivity index (χ3v) is 3.51. The highest BCUT2D eigenvalue weighted by Gasteiger charge is 2.13. The summed E-state index contributed by atoms with van der Waals surface area (Å²) in [5.41, 5.74) is 6.99. The van der Waals surface area contributed by atoms with Crippen LogP contribution < -0.4 is 15.8 Å². The second-order valence-corrected chi connectivity index (χ2v) is 5.44. The number of carbonyl (C=O) groups excluding carboxylic acids is 1. The van der Waals surface area contributed by atoms with Crippen molar-refractivity contribution in [3.63, 3.8) is 0 Å². The Morgan fingerprint density at radius 1 is 1.30 bits per heavy atom. The van der Waals surface area contributed by atoms with E-state index in [-0.39, 0.29) is 24.6 Å². The first kappa shape index (κ1) is 16.5. The van der Waals surface area contributed by atoms with Crippen molar-refractivity contribution >= 4 is 5.91 Å². The molecule has 0 aliphatic carbocycles. The van der Waals surface area contributed by atoms with Crippen LogP contribution in [0.1, 0.15) is 45.7 Å². The summed E-state index contributed by atoms with van der Waals surface area (Å²) in [5.74, 6) is 0.986. The first-order valence-electron chi connectivity index (χ1n) is 7.22. The number of carbonyl (C=O) groups is 1. The Morgan fingerprint density at radius 2 is 1.95 bits per heavy atom. The lowest BCUT2D eigenvalue weighted by Crippen LogP contribution is -2.39. The molecule has 112 valence electrons. The Hall–Kier alpha value is -1.55. The summed E-state index contributed by atoms with van der Waals surface area (Å²) in [5, 5.41) is 2.92. The molecule has 0 aliphatic rings. The van der Waals surface area contributed by atoms with Crippen molar-refractivity contribution < 1.29 is 9.53 Å². The number of nitrogens with one attached hydrogen (secondary N) is 1. The summed E-state index contributed by atoms with van der Waals surface area (Å²) < 4.78 is 5.61. The van der Waals surface area contributed by atoms with E-state index in [2.05, 4.69) is 19.2 Å². The molecule has 0 bridgehead atoms. The highest BCUT2D eigenvalue weighted by molar-refractivity contribution is 5.77. The summed E-state index contributed by atoms with van der Waals surface area (Å²) in [6.45, 7) is 8.18. The van der Waals surface area contributed by atoms with Crippen molar-refractivity contribution in [3.05, 3.63) is 29.8 Å². The topological polar surface area (TPSA) is 64.3 Å². The average molecular weight is 278 g/mol. The minimum absolute atomic E-state index is 0.0184. The van der Waals surface area contributed by atoms with Gasteiger partial charge in [-0.3, -0.25) is 4.79 Å². The number of hydrogen-bond donors (Lipinski definition) is 2. The monoisotopic (exact) mass is 278 g/mol. The van der Waals surface area contributed by atoms with E-state index in [1.165, 1.54) is 0 Å². The maximum absolute atomic E-state index is 11.8. The molecule has 1 amide bonds. The zero-order valence-electron chi connectivity index (χ0n) is 12.8. The second kappa shape index (κ2) is 7.90. The summed E-state index contributed by atoms with van der Waals surface area (Å²) in [6, 6.07) is 7.68. The Kier molecular flexibility index (Phi) is 6.52. The van der Waals surface area contributed by atoms with Crippen molar-refractivity contribution in [2.24, 2.45) is 11.7 Å². The lowest BCUT2D eigenvalue weighted by molar-refractivity contribution is -0.124. The number of para-hydroxylation sites is 1. The Balaban J connectivity index is 2.59. The summed E-state index contributed by atoms with van der Waals surface area (Å²) in [6.07, 6.45) is 0.830. The van der Waals surface area contributed by atoms with Crippen molar-refractivity contribution in [2.45, 2.75) is 46.2 Å². The first-order valence-corrected chi connectivity index (χ1v) is 7.22. The van der Waals surface area contributed by atoms with Gasteiger partial charge in [0.25, 0.3) is 5.91 Å². The van der Waals surface area contributed by atoms with Crippen LogP contribution in [-0.2, 0) is 4.79 Å². The number of amides is 1. The van der Waals surface area contributed by atoms with Crippen LogP contribution in [0.5, 0.6) is 5.75 Å². The molecule has 0 saturated carbocycles. The van der Waals surface area contributed by atoms with Crippen molar-refractivity contribution in [1.82, 2.24) is 5.32 Å². The summed E-state index contributed by atoms with van der Waals surface area (Å²) in [7, 11) is 0. The molecule has 1 aromatic rings. The SMILES string of the molecule is CC[C@@H](N)c1ccccc1OCC(=O)NC(C)C(C)C. The highest BCUT2D eigenvalue weighted by Crippen LogP contribution is 2.25. The molecule has 1 aromatic carbocycles. The van der Waals surface area contributed by atoms with Gasteiger partial charge in [0.05, 0.1) is 0 Å². The quantitative estimate of drug-likeness (QED) is 0.806. The van der Waals surface area contributed by atoms with Gasteiger partial charge in [-0.25, -0.2) is 0 Å². The minimum atomic E-state index is -0.105. The molecule has 3 N–H and O–H groups in total. The van der Waals surface area contributed by atoms with Gasteiger partial charge in [-0.1, -0.05) is 39.0 Å². The van der Waals surface area contributed by atoms with Crippen LogP contribution in [0, 0.1) is 5.92 Å². The molecular weight excluding hydrogens is 252 g/mol. The van der Waals surface area contributed by atoms with Gasteiger partial charge in [0.1, 0.15) is 5.75 Å². The van der Waals surface area contributed by atoms with Gasteiger partial charge in [0.2, 0.25) is 0 Å². The van der Waals surface area contributed by atoms with Gasteiger partial charge in [0.15, 0.2) is 6.61 Å². The number of benzene rings is 1. The Morgan fingerprint density at radius 3 is 2.55 bits per heavy atom.